The van der Waals surface area contributed by atoms with E-state index in [1.807, 2.05) is 0 Å². The molecule has 1 rings (SSSR count). The maximum atomic E-state index is 11.8. The Hall–Kier alpha value is -1.49. The van der Waals surface area contributed by atoms with Gasteiger partial charge in [-0.3, -0.25) is 0 Å². The summed E-state index contributed by atoms with van der Waals surface area (Å²) in [5, 5.41) is 8.60. The molecule has 0 unspecified atom stereocenters. The monoisotopic (exact) mass is 281 g/mol. The van der Waals surface area contributed by atoms with Crippen molar-refractivity contribution in [3.05, 3.63) is 16.2 Å². The Morgan fingerprint density at radius 1 is 1.53 bits per heavy atom. The maximum Gasteiger partial charge on any atom is 0.574 e. The Kier molecular flexibility index (Phi) is 3.04. The molecule has 0 atom stereocenters. The van der Waals surface area contributed by atoms with Gasteiger partial charge in [0.1, 0.15) is 11.8 Å². The van der Waals surface area contributed by atoms with Crippen LogP contribution < -0.4 is 10.5 Å². The van der Waals surface area contributed by atoms with E-state index in [-0.39, 0.29) is 10.0 Å². The first kappa shape index (κ1) is 11.6. The van der Waals surface area contributed by atoms with E-state index in [2.05, 4.69) is 25.7 Å². The second-order valence-electron chi connectivity index (χ2n) is 2.36. The van der Waals surface area contributed by atoms with Crippen LogP contribution in [0.25, 0.3) is 0 Å². The van der Waals surface area contributed by atoms with Gasteiger partial charge in [0.15, 0.2) is 0 Å². The standard InChI is InChI=1S/C7H3BrF3N3O/c8-4-2-14-6(15-7(9,10)11)5(13)3(4)1-12/h2H,13H2. The number of hydrogen-bond donors (Lipinski definition) is 1. The second kappa shape index (κ2) is 3.94. The third-order valence-electron chi connectivity index (χ3n) is 1.36. The first-order valence-corrected chi connectivity index (χ1v) is 4.24. The molecule has 0 saturated carbocycles. The smallest absolute Gasteiger partial charge is 0.393 e. The van der Waals surface area contributed by atoms with E-state index in [1.54, 1.807) is 6.07 Å². The van der Waals surface area contributed by atoms with Gasteiger partial charge in [-0.2, -0.15) is 5.26 Å². The minimum atomic E-state index is -4.89. The summed E-state index contributed by atoms with van der Waals surface area (Å²) in [6, 6.07) is 1.63. The van der Waals surface area contributed by atoms with Gasteiger partial charge in [0.05, 0.1) is 10.0 Å². The summed E-state index contributed by atoms with van der Waals surface area (Å²) in [7, 11) is 0. The summed E-state index contributed by atoms with van der Waals surface area (Å²) >= 11 is 2.92. The third-order valence-corrected chi connectivity index (χ3v) is 1.96. The van der Waals surface area contributed by atoms with Crippen LogP contribution >= 0.6 is 15.9 Å². The normalized spacial score (nSPS) is 10.9. The number of nitrogens with zero attached hydrogens (tertiary/aromatic N) is 2. The van der Waals surface area contributed by atoms with Gasteiger partial charge >= 0.3 is 6.36 Å². The molecule has 1 aromatic heterocycles. The lowest BCUT2D eigenvalue weighted by atomic mass is 10.2. The van der Waals surface area contributed by atoms with Crippen molar-refractivity contribution in [3.63, 3.8) is 0 Å². The van der Waals surface area contributed by atoms with Crippen molar-refractivity contribution in [2.75, 3.05) is 5.73 Å². The van der Waals surface area contributed by atoms with Crippen molar-refractivity contribution >= 4 is 21.6 Å². The molecule has 0 radical (unpaired) electrons. The molecule has 0 amide bonds. The summed E-state index contributed by atoms with van der Waals surface area (Å²) in [5.41, 5.74) is 4.66. The topological polar surface area (TPSA) is 71.9 Å². The van der Waals surface area contributed by atoms with Crippen LogP contribution in [0.3, 0.4) is 0 Å². The lowest BCUT2D eigenvalue weighted by Crippen LogP contribution is -2.19. The van der Waals surface area contributed by atoms with Crippen LogP contribution in [0.5, 0.6) is 5.88 Å². The van der Waals surface area contributed by atoms with E-state index in [9.17, 15) is 13.2 Å². The molecule has 0 aliphatic rings. The van der Waals surface area contributed by atoms with Crippen LogP contribution in [0, 0.1) is 11.3 Å². The fraction of sp³-hybridized carbons (Fsp3) is 0.143. The van der Waals surface area contributed by atoms with E-state index >= 15 is 0 Å². The predicted octanol–water partition coefficient (Wildman–Crippen LogP) is 2.20. The molecule has 2 N–H and O–H groups in total. The quantitative estimate of drug-likeness (QED) is 0.857. The number of nitrogens with two attached hydrogens (primary N) is 1. The summed E-state index contributed by atoms with van der Waals surface area (Å²) in [5.74, 6) is -0.831. The zero-order valence-electron chi connectivity index (χ0n) is 6.97. The molecular weight excluding hydrogens is 279 g/mol. The van der Waals surface area contributed by atoms with Crippen molar-refractivity contribution in [3.8, 4) is 11.9 Å². The number of aromatic nitrogens is 1. The minimum Gasteiger partial charge on any atom is -0.393 e. The van der Waals surface area contributed by atoms with Crippen molar-refractivity contribution < 1.29 is 17.9 Å². The van der Waals surface area contributed by atoms with E-state index in [1.165, 1.54) is 0 Å². The molecule has 0 fully saturated rings. The number of ether oxygens (including phenoxy) is 1. The third kappa shape index (κ3) is 2.73. The Labute approximate surface area is 90.6 Å². The van der Waals surface area contributed by atoms with E-state index in [4.69, 9.17) is 11.0 Å². The van der Waals surface area contributed by atoms with Gasteiger partial charge in [-0.25, -0.2) is 4.98 Å². The Morgan fingerprint density at radius 3 is 2.60 bits per heavy atom. The number of alkyl halides is 3. The summed E-state index contributed by atoms with van der Waals surface area (Å²) in [6.45, 7) is 0. The minimum absolute atomic E-state index is 0.149. The van der Waals surface area contributed by atoms with Crippen LogP contribution in [-0.2, 0) is 0 Å². The Balaban J connectivity index is 3.18. The number of halogens is 4. The largest absolute Gasteiger partial charge is 0.574 e. The van der Waals surface area contributed by atoms with Crippen molar-refractivity contribution in [2.45, 2.75) is 6.36 Å². The van der Waals surface area contributed by atoms with Crippen molar-refractivity contribution in [1.29, 1.82) is 5.26 Å². The Bertz CT molecular complexity index is 427. The lowest BCUT2D eigenvalue weighted by molar-refractivity contribution is -0.275. The van der Waals surface area contributed by atoms with Crippen LogP contribution in [0.1, 0.15) is 5.56 Å². The zero-order chi connectivity index (χ0) is 11.6. The molecular formula is C7H3BrF3N3O. The molecule has 1 heterocycles. The fourth-order valence-electron chi connectivity index (χ4n) is 0.790. The number of nitrogen functional groups attached to an aromatic ring is 1. The van der Waals surface area contributed by atoms with Crippen LogP contribution in [0.15, 0.2) is 10.7 Å². The first-order chi connectivity index (χ1) is 6.85. The highest BCUT2D eigenvalue weighted by molar-refractivity contribution is 9.10. The van der Waals surface area contributed by atoms with Gasteiger partial charge in [0.25, 0.3) is 0 Å². The SMILES string of the molecule is N#Cc1c(Br)cnc(OC(F)(F)F)c1N. The van der Waals surface area contributed by atoms with E-state index < -0.39 is 17.9 Å². The van der Waals surface area contributed by atoms with Gasteiger partial charge in [-0.05, 0) is 15.9 Å². The molecule has 0 saturated heterocycles. The van der Waals surface area contributed by atoms with Crippen molar-refractivity contribution in [2.24, 2.45) is 0 Å². The molecule has 0 aromatic carbocycles. The van der Waals surface area contributed by atoms with Gasteiger partial charge in [-0.1, -0.05) is 0 Å². The summed E-state index contributed by atoms with van der Waals surface area (Å²) < 4.78 is 39.3. The highest BCUT2D eigenvalue weighted by Gasteiger charge is 2.33. The summed E-state index contributed by atoms with van der Waals surface area (Å²) in [4.78, 5) is 3.31. The molecule has 15 heavy (non-hydrogen) atoms. The van der Waals surface area contributed by atoms with Crippen LogP contribution in [0.4, 0.5) is 18.9 Å². The van der Waals surface area contributed by atoms with Gasteiger partial charge in [-0.15, -0.1) is 13.2 Å². The number of rotatable bonds is 1. The number of hydrogen-bond acceptors (Lipinski definition) is 4. The molecule has 4 nitrogen and oxygen atoms in total. The molecule has 0 spiro atoms. The van der Waals surface area contributed by atoms with Gasteiger partial charge < -0.3 is 10.5 Å². The van der Waals surface area contributed by atoms with Crippen LogP contribution in [-0.4, -0.2) is 11.3 Å². The maximum absolute atomic E-state index is 11.8. The highest BCUT2D eigenvalue weighted by atomic mass is 79.9. The highest BCUT2D eigenvalue weighted by Crippen LogP contribution is 2.31. The number of nitriles is 1. The lowest BCUT2D eigenvalue weighted by Gasteiger charge is -2.10. The van der Waals surface area contributed by atoms with Crippen molar-refractivity contribution in [1.82, 2.24) is 4.98 Å². The fourth-order valence-corrected chi connectivity index (χ4v) is 1.19. The van der Waals surface area contributed by atoms with E-state index in [0.717, 1.165) is 6.20 Å². The average Bonchev–Trinajstić information content (AvgIpc) is 2.09. The molecule has 0 aliphatic heterocycles. The van der Waals surface area contributed by atoms with Gasteiger partial charge in [0, 0.05) is 6.20 Å². The first-order valence-electron chi connectivity index (χ1n) is 3.45. The molecule has 80 valence electrons. The second-order valence-corrected chi connectivity index (χ2v) is 3.21. The van der Waals surface area contributed by atoms with Gasteiger partial charge in [0.2, 0.25) is 5.88 Å². The number of anilines is 1. The molecule has 8 heteroatoms. The van der Waals surface area contributed by atoms with E-state index in [0.29, 0.717) is 0 Å². The van der Waals surface area contributed by atoms with Crippen LogP contribution in [0.2, 0.25) is 0 Å². The number of pyridine rings is 1. The summed E-state index contributed by atoms with van der Waals surface area (Å²) in [6.07, 6.45) is -3.88. The molecule has 1 aromatic rings. The Morgan fingerprint density at radius 2 is 2.13 bits per heavy atom. The average molecular weight is 282 g/mol. The molecule has 0 bridgehead atoms. The molecule has 0 aliphatic carbocycles. The zero-order valence-corrected chi connectivity index (χ0v) is 8.56. The predicted molar refractivity (Wildman–Crippen MR) is 47.7 cm³/mol.